The molecular weight excluding hydrogens is 206 g/mol. The summed E-state index contributed by atoms with van der Waals surface area (Å²) in [5.74, 6) is 0.0707. The standard InChI is InChI=1S/C12H23NO3/c1-5-10(6-2)12(15)13(3)9-7-8-11(14)16-4/h10H,5-9H2,1-4H3. The molecule has 0 saturated heterocycles. The van der Waals surface area contributed by atoms with E-state index < -0.39 is 0 Å². The van der Waals surface area contributed by atoms with Gasteiger partial charge in [0.15, 0.2) is 0 Å². The van der Waals surface area contributed by atoms with E-state index >= 15 is 0 Å². The second-order valence-corrected chi connectivity index (χ2v) is 3.95. The molecule has 0 heterocycles. The summed E-state index contributed by atoms with van der Waals surface area (Å²) in [7, 11) is 3.17. The Labute approximate surface area is 98.0 Å². The maximum Gasteiger partial charge on any atom is 0.305 e. The Bertz CT molecular complexity index is 224. The van der Waals surface area contributed by atoms with Crippen LogP contribution >= 0.6 is 0 Å². The van der Waals surface area contributed by atoms with Gasteiger partial charge in [0, 0.05) is 25.9 Å². The van der Waals surface area contributed by atoms with Crippen LogP contribution in [0.15, 0.2) is 0 Å². The third-order valence-corrected chi connectivity index (χ3v) is 2.81. The van der Waals surface area contributed by atoms with Crippen molar-refractivity contribution in [2.24, 2.45) is 5.92 Å². The summed E-state index contributed by atoms with van der Waals surface area (Å²) in [4.78, 5) is 24.5. The molecule has 0 spiro atoms. The fraction of sp³-hybridized carbons (Fsp3) is 0.833. The van der Waals surface area contributed by atoms with Crippen LogP contribution in [0.3, 0.4) is 0 Å². The SMILES string of the molecule is CCC(CC)C(=O)N(C)CCCC(=O)OC. The smallest absolute Gasteiger partial charge is 0.305 e. The Morgan fingerprint density at radius 1 is 1.25 bits per heavy atom. The minimum Gasteiger partial charge on any atom is -0.469 e. The minimum absolute atomic E-state index is 0.114. The maximum atomic E-state index is 11.9. The van der Waals surface area contributed by atoms with Gasteiger partial charge in [-0.2, -0.15) is 0 Å². The molecule has 0 atom stereocenters. The molecule has 4 nitrogen and oxygen atoms in total. The number of ether oxygens (including phenoxy) is 1. The van der Waals surface area contributed by atoms with Gasteiger partial charge in [-0.05, 0) is 19.3 Å². The summed E-state index contributed by atoms with van der Waals surface area (Å²) < 4.78 is 4.54. The number of esters is 1. The quantitative estimate of drug-likeness (QED) is 0.626. The zero-order chi connectivity index (χ0) is 12.6. The van der Waals surface area contributed by atoms with Gasteiger partial charge in [-0.15, -0.1) is 0 Å². The number of carbonyl (C=O) groups excluding carboxylic acids is 2. The molecule has 0 aliphatic rings. The topological polar surface area (TPSA) is 46.6 Å². The van der Waals surface area contributed by atoms with Gasteiger partial charge in [0.2, 0.25) is 5.91 Å². The predicted molar refractivity (Wildman–Crippen MR) is 63.0 cm³/mol. The molecule has 0 rings (SSSR count). The van der Waals surface area contributed by atoms with Gasteiger partial charge < -0.3 is 9.64 Å². The maximum absolute atomic E-state index is 11.9. The number of carbonyl (C=O) groups is 2. The van der Waals surface area contributed by atoms with E-state index in [0.717, 1.165) is 12.8 Å². The molecule has 0 radical (unpaired) electrons. The number of rotatable bonds is 7. The highest BCUT2D eigenvalue weighted by Crippen LogP contribution is 2.11. The Hall–Kier alpha value is -1.06. The molecule has 0 aromatic rings. The van der Waals surface area contributed by atoms with Crippen molar-refractivity contribution in [2.45, 2.75) is 39.5 Å². The largest absolute Gasteiger partial charge is 0.469 e. The van der Waals surface area contributed by atoms with E-state index in [4.69, 9.17) is 0 Å². The molecule has 0 unspecified atom stereocenters. The summed E-state index contributed by atoms with van der Waals surface area (Å²) >= 11 is 0. The lowest BCUT2D eigenvalue weighted by Crippen LogP contribution is -2.33. The summed E-state index contributed by atoms with van der Waals surface area (Å²) in [6, 6.07) is 0. The molecule has 0 N–H and O–H groups in total. The predicted octanol–water partition coefficient (Wildman–Crippen LogP) is 1.83. The summed E-state index contributed by atoms with van der Waals surface area (Å²) in [6.45, 7) is 4.66. The van der Waals surface area contributed by atoms with Gasteiger partial charge in [0.1, 0.15) is 0 Å². The van der Waals surface area contributed by atoms with E-state index in [1.54, 1.807) is 11.9 Å². The molecule has 1 amide bonds. The normalized spacial score (nSPS) is 10.3. The van der Waals surface area contributed by atoms with Gasteiger partial charge in [-0.25, -0.2) is 0 Å². The first kappa shape index (κ1) is 14.9. The fourth-order valence-electron chi connectivity index (χ4n) is 1.62. The van der Waals surface area contributed by atoms with Crippen molar-refractivity contribution in [3.8, 4) is 0 Å². The molecule has 4 heteroatoms. The first-order valence-corrected chi connectivity index (χ1v) is 5.88. The molecular formula is C12H23NO3. The number of amides is 1. The van der Waals surface area contributed by atoms with E-state index in [1.807, 2.05) is 13.8 Å². The van der Waals surface area contributed by atoms with E-state index in [0.29, 0.717) is 19.4 Å². The van der Waals surface area contributed by atoms with Crippen molar-refractivity contribution >= 4 is 11.9 Å². The van der Waals surface area contributed by atoms with Crippen LogP contribution in [0.5, 0.6) is 0 Å². The number of nitrogens with zero attached hydrogens (tertiary/aromatic N) is 1. The van der Waals surface area contributed by atoms with E-state index in [2.05, 4.69) is 4.74 Å². The summed E-state index contributed by atoms with van der Waals surface area (Å²) in [5.41, 5.74) is 0. The molecule has 0 saturated carbocycles. The van der Waals surface area contributed by atoms with Gasteiger partial charge in [-0.1, -0.05) is 13.8 Å². The van der Waals surface area contributed by atoms with Crippen molar-refractivity contribution in [3.05, 3.63) is 0 Å². The number of hydrogen-bond acceptors (Lipinski definition) is 3. The average molecular weight is 229 g/mol. The van der Waals surface area contributed by atoms with Gasteiger partial charge in [0.25, 0.3) is 0 Å². The molecule has 0 bridgehead atoms. The molecule has 16 heavy (non-hydrogen) atoms. The third-order valence-electron chi connectivity index (χ3n) is 2.81. The van der Waals surface area contributed by atoms with Crippen LogP contribution in [0.4, 0.5) is 0 Å². The van der Waals surface area contributed by atoms with Crippen LogP contribution in [0.2, 0.25) is 0 Å². The second kappa shape index (κ2) is 8.13. The lowest BCUT2D eigenvalue weighted by Gasteiger charge is -2.21. The van der Waals surface area contributed by atoms with Gasteiger partial charge in [0.05, 0.1) is 7.11 Å². The highest BCUT2D eigenvalue weighted by Gasteiger charge is 2.18. The third kappa shape index (κ3) is 5.14. The monoisotopic (exact) mass is 229 g/mol. The summed E-state index contributed by atoms with van der Waals surface area (Å²) in [6.07, 6.45) is 2.78. The van der Waals surface area contributed by atoms with Crippen LogP contribution in [0.1, 0.15) is 39.5 Å². The van der Waals surface area contributed by atoms with Crippen molar-refractivity contribution in [1.29, 1.82) is 0 Å². The zero-order valence-electron chi connectivity index (χ0n) is 10.8. The van der Waals surface area contributed by atoms with Crippen LogP contribution in [0, 0.1) is 5.92 Å². The van der Waals surface area contributed by atoms with Crippen molar-refractivity contribution in [2.75, 3.05) is 20.7 Å². The number of methoxy groups -OCH3 is 1. The highest BCUT2D eigenvalue weighted by molar-refractivity contribution is 5.78. The van der Waals surface area contributed by atoms with Crippen LogP contribution < -0.4 is 0 Å². The van der Waals surface area contributed by atoms with Crippen LogP contribution in [-0.4, -0.2) is 37.5 Å². The summed E-state index contributed by atoms with van der Waals surface area (Å²) in [5, 5.41) is 0. The molecule has 0 fully saturated rings. The Balaban J connectivity index is 3.91. The lowest BCUT2D eigenvalue weighted by molar-refractivity contribution is -0.141. The van der Waals surface area contributed by atoms with Crippen LogP contribution in [0.25, 0.3) is 0 Å². The fourth-order valence-corrected chi connectivity index (χ4v) is 1.62. The molecule has 0 aliphatic carbocycles. The molecule has 0 aliphatic heterocycles. The second-order valence-electron chi connectivity index (χ2n) is 3.95. The average Bonchev–Trinajstić information content (AvgIpc) is 2.29. The van der Waals surface area contributed by atoms with E-state index in [-0.39, 0.29) is 17.8 Å². The molecule has 94 valence electrons. The Kier molecular flexibility index (Phi) is 7.60. The number of hydrogen-bond donors (Lipinski definition) is 0. The zero-order valence-corrected chi connectivity index (χ0v) is 10.8. The van der Waals surface area contributed by atoms with Crippen molar-refractivity contribution < 1.29 is 14.3 Å². The first-order valence-electron chi connectivity index (χ1n) is 5.88. The Morgan fingerprint density at radius 3 is 2.25 bits per heavy atom. The lowest BCUT2D eigenvalue weighted by atomic mass is 10.0. The minimum atomic E-state index is -0.219. The van der Waals surface area contributed by atoms with E-state index in [9.17, 15) is 9.59 Å². The first-order chi connectivity index (χ1) is 7.56. The van der Waals surface area contributed by atoms with Crippen molar-refractivity contribution in [3.63, 3.8) is 0 Å². The molecule has 0 aromatic heterocycles. The van der Waals surface area contributed by atoms with Crippen molar-refractivity contribution in [1.82, 2.24) is 4.90 Å². The highest BCUT2D eigenvalue weighted by atomic mass is 16.5. The molecule has 0 aromatic carbocycles. The van der Waals surface area contributed by atoms with E-state index in [1.165, 1.54) is 7.11 Å². The van der Waals surface area contributed by atoms with Gasteiger partial charge >= 0.3 is 5.97 Å². The van der Waals surface area contributed by atoms with Gasteiger partial charge in [-0.3, -0.25) is 9.59 Å². The Morgan fingerprint density at radius 2 is 1.81 bits per heavy atom. The van der Waals surface area contributed by atoms with Crippen LogP contribution in [-0.2, 0) is 14.3 Å².